The molecule has 2 N–H and O–H groups in total. The Labute approximate surface area is 105 Å². The predicted octanol–water partition coefficient (Wildman–Crippen LogP) is 1.85. The largest absolute Gasteiger partial charge is 0.327 e. The Hall–Kier alpha value is -0.410. The molecular formula is C14H27N2O+. The first-order valence-electron chi connectivity index (χ1n) is 7.23. The maximum Gasteiger partial charge on any atom is 0.139 e. The van der Waals surface area contributed by atoms with Crippen LogP contribution in [0.25, 0.3) is 0 Å². The molecular weight excluding hydrogens is 212 g/mol. The summed E-state index contributed by atoms with van der Waals surface area (Å²) in [7, 11) is 0. The van der Waals surface area contributed by atoms with Gasteiger partial charge in [0.05, 0.1) is 13.1 Å². The summed E-state index contributed by atoms with van der Waals surface area (Å²) in [5.74, 6) is 0.336. The number of ketones is 1. The minimum Gasteiger partial charge on any atom is -0.327 e. The second-order valence-electron chi connectivity index (χ2n) is 6.14. The van der Waals surface area contributed by atoms with E-state index in [-0.39, 0.29) is 0 Å². The molecule has 2 saturated heterocycles. The monoisotopic (exact) mass is 239 g/mol. The highest BCUT2D eigenvalue weighted by Crippen LogP contribution is 2.38. The van der Waals surface area contributed by atoms with Gasteiger partial charge in [-0.2, -0.15) is 0 Å². The fourth-order valence-corrected chi connectivity index (χ4v) is 3.35. The zero-order valence-corrected chi connectivity index (χ0v) is 11.2. The fourth-order valence-electron chi connectivity index (χ4n) is 3.35. The van der Waals surface area contributed by atoms with Gasteiger partial charge in [0.2, 0.25) is 0 Å². The van der Waals surface area contributed by atoms with Gasteiger partial charge in [0.1, 0.15) is 18.4 Å². The van der Waals surface area contributed by atoms with Crippen molar-refractivity contribution < 1.29 is 9.28 Å². The molecule has 17 heavy (non-hydrogen) atoms. The number of quaternary nitrogens is 1. The van der Waals surface area contributed by atoms with Crippen LogP contribution in [0, 0.1) is 0 Å². The number of unbranched alkanes of at least 4 members (excludes halogenated alkanes) is 2. The molecule has 3 unspecified atom stereocenters. The third kappa shape index (κ3) is 3.52. The van der Waals surface area contributed by atoms with Crippen LogP contribution in [0.4, 0.5) is 0 Å². The molecule has 2 aliphatic rings. The highest BCUT2D eigenvalue weighted by molar-refractivity contribution is 5.75. The average Bonchev–Trinajstić information content (AvgIpc) is 2.97. The minimum atomic E-state index is 0.336. The molecule has 0 saturated carbocycles. The Kier molecular flexibility index (Phi) is 4.21. The summed E-state index contributed by atoms with van der Waals surface area (Å²) >= 11 is 0. The molecule has 0 radical (unpaired) electrons. The Balaban J connectivity index is 1.64. The topological polar surface area (TPSA) is 43.1 Å². The quantitative estimate of drug-likeness (QED) is 0.437. The van der Waals surface area contributed by atoms with E-state index in [1.807, 2.05) is 0 Å². The van der Waals surface area contributed by atoms with Crippen molar-refractivity contribution in [3.05, 3.63) is 0 Å². The number of hydrogen-bond donors (Lipinski definition) is 1. The van der Waals surface area contributed by atoms with Crippen molar-refractivity contribution in [1.82, 2.24) is 0 Å². The number of nitrogens with two attached hydrogens (primary N) is 1. The first-order chi connectivity index (χ1) is 8.12. The number of nitrogens with zero attached hydrogens (tertiary/aromatic N) is 1. The number of carbonyl (C=O) groups is 1. The Morgan fingerprint density at radius 3 is 2.82 bits per heavy atom. The van der Waals surface area contributed by atoms with Crippen molar-refractivity contribution >= 4 is 5.78 Å². The fraction of sp³-hybridized carbons (Fsp3) is 0.929. The molecule has 3 atom stereocenters. The standard InChI is InChI=1S/C14H27N2O/c1-12(17)5-3-2-4-9-16-10-8-13(15)6-7-14(16)11-16/h13-14H,2-11,15H2,1H3/q+1. The van der Waals surface area contributed by atoms with E-state index in [9.17, 15) is 4.79 Å². The van der Waals surface area contributed by atoms with Crippen molar-refractivity contribution in [1.29, 1.82) is 0 Å². The predicted molar refractivity (Wildman–Crippen MR) is 69.6 cm³/mol. The lowest BCUT2D eigenvalue weighted by Gasteiger charge is -2.19. The van der Waals surface area contributed by atoms with Crippen LogP contribution in [0.1, 0.15) is 51.9 Å². The Morgan fingerprint density at radius 1 is 1.24 bits per heavy atom. The number of carbonyl (C=O) groups excluding carboxylic acids is 1. The van der Waals surface area contributed by atoms with Gasteiger partial charge in [-0.25, -0.2) is 0 Å². The number of hydrogen-bond acceptors (Lipinski definition) is 2. The zero-order valence-electron chi connectivity index (χ0n) is 11.2. The maximum atomic E-state index is 10.8. The van der Waals surface area contributed by atoms with Crippen LogP contribution in [0.15, 0.2) is 0 Å². The summed E-state index contributed by atoms with van der Waals surface area (Å²) in [5, 5.41) is 0. The highest BCUT2D eigenvalue weighted by atomic mass is 16.1. The Morgan fingerprint density at radius 2 is 2.06 bits per heavy atom. The molecule has 0 spiro atoms. The average molecular weight is 239 g/mol. The van der Waals surface area contributed by atoms with Gasteiger partial charge in [0, 0.05) is 25.3 Å². The summed E-state index contributed by atoms with van der Waals surface area (Å²) < 4.78 is 1.35. The molecule has 0 bridgehead atoms. The zero-order chi connectivity index (χ0) is 12.3. The molecule has 0 aromatic carbocycles. The van der Waals surface area contributed by atoms with Gasteiger partial charge in [0.15, 0.2) is 0 Å². The lowest BCUT2D eigenvalue weighted by molar-refractivity contribution is -0.813. The van der Waals surface area contributed by atoms with Crippen molar-refractivity contribution in [2.75, 3.05) is 19.6 Å². The molecule has 0 aromatic rings. The molecule has 98 valence electrons. The third-order valence-corrected chi connectivity index (χ3v) is 4.66. The minimum absolute atomic E-state index is 0.336. The first-order valence-corrected chi connectivity index (χ1v) is 7.23. The van der Waals surface area contributed by atoms with Gasteiger partial charge in [-0.05, 0) is 32.6 Å². The van der Waals surface area contributed by atoms with Crippen LogP contribution in [-0.4, -0.2) is 42.0 Å². The lowest BCUT2D eigenvalue weighted by atomic mass is 10.1. The lowest BCUT2D eigenvalue weighted by Crippen LogP contribution is -2.32. The molecule has 0 aliphatic carbocycles. The van der Waals surface area contributed by atoms with Crippen LogP contribution in [0.3, 0.4) is 0 Å². The van der Waals surface area contributed by atoms with E-state index in [0.29, 0.717) is 11.8 Å². The van der Waals surface area contributed by atoms with Gasteiger partial charge in [-0.1, -0.05) is 0 Å². The normalized spacial score (nSPS) is 36.1. The second kappa shape index (κ2) is 5.49. The molecule has 2 heterocycles. The molecule has 2 rings (SSSR count). The van der Waals surface area contributed by atoms with E-state index < -0.39 is 0 Å². The van der Waals surface area contributed by atoms with Gasteiger partial charge < -0.3 is 15.0 Å². The van der Waals surface area contributed by atoms with Gasteiger partial charge in [-0.15, -0.1) is 0 Å². The van der Waals surface area contributed by atoms with E-state index >= 15 is 0 Å². The van der Waals surface area contributed by atoms with Gasteiger partial charge >= 0.3 is 0 Å². The van der Waals surface area contributed by atoms with Crippen molar-refractivity contribution in [2.45, 2.75) is 64.0 Å². The van der Waals surface area contributed by atoms with Crippen molar-refractivity contribution in [2.24, 2.45) is 5.73 Å². The molecule has 3 nitrogen and oxygen atoms in total. The summed E-state index contributed by atoms with van der Waals surface area (Å²) in [6.45, 7) is 5.73. The Bertz CT molecular complexity index is 279. The van der Waals surface area contributed by atoms with Crippen LogP contribution < -0.4 is 5.73 Å². The van der Waals surface area contributed by atoms with Crippen LogP contribution >= 0.6 is 0 Å². The number of Topliss-reactive ketones (excluding diaryl/α,β-unsaturated/α-hetero) is 1. The van der Waals surface area contributed by atoms with Gasteiger partial charge in [0.25, 0.3) is 0 Å². The highest BCUT2D eigenvalue weighted by Gasteiger charge is 2.54. The third-order valence-electron chi connectivity index (χ3n) is 4.66. The van der Waals surface area contributed by atoms with Crippen molar-refractivity contribution in [3.8, 4) is 0 Å². The summed E-state index contributed by atoms with van der Waals surface area (Å²) in [4.78, 5) is 10.8. The summed E-state index contributed by atoms with van der Waals surface area (Å²) in [6, 6.07) is 1.38. The molecule has 0 aromatic heterocycles. The van der Waals surface area contributed by atoms with E-state index in [1.165, 1.54) is 56.2 Å². The molecule has 3 heteroatoms. The van der Waals surface area contributed by atoms with Crippen molar-refractivity contribution in [3.63, 3.8) is 0 Å². The van der Waals surface area contributed by atoms with E-state index in [2.05, 4.69) is 0 Å². The summed E-state index contributed by atoms with van der Waals surface area (Å²) in [6.07, 6.45) is 8.15. The maximum absolute atomic E-state index is 10.8. The van der Waals surface area contributed by atoms with E-state index in [0.717, 1.165) is 18.9 Å². The van der Waals surface area contributed by atoms with E-state index in [4.69, 9.17) is 5.73 Å². The van der Waals surface area contributed by atoms with Crippen LogP contribution in [0.5, 0.6) is 0 Å². The molecule has 0 amide bonds. The number of fused-ring (bicyclic) bond motifs is 1. The van der Waals surface area contributed by atoms with Crippen LogP contribution in [0.2, 0.25) is 0 Å². The summed E-state index contributed by atoms with van der Waals surface area (Å²) in [5.41, 5.74) is 6.04. The van der Waals surface area contributed by atoms with E-state index in [1.54, 1.807) is 6.92 Å². The first kappa shape index (κ1) is 13.0. The van der Waals surface area contributed by atoms with Gasteiger partial charge in [-0.3, -0.25) is 0 Å². The number of rotatable bonds is 6. The second-order valence-corrected chi connectivity index (χ2v) is 6.14. The smallest absolute Gasteiger partial charge is 0.139 e. The molecule has 2 aliphatic heterocycles. The molecule has 2 fully saturated rings. The SMILES string of the molecule is CC(=O)CCCCC[N+]12CCC(N)CCC1C2. The van der Waals surface area contributed by atoms with Crippen LogP contribution in [-0.2, 0) is 4.79 Å².